The highest BCUT2D eigenvalue weighted by Crippen LogP contribution is 2.27. The van der Waals surface area contributed by atoms with Gasteiger partial charge in [-0.2, -0.15) is 0 Å². The van der Waals surface area contributed by atoms with Crippen molar-refractivity contribution in [2.24, 2.45) is 0 Å². The Bertz CT molecular complexity index is 443. The second-order valence-electron chi connectivity index (χ2n) is 5.06. The molecule has 1 aliphatic rings. The Morgan fingerprint density at radius 3 is 2.84 bits per heavy atom. The predicted octanol–water partition coefficient (Wildman–Crippen LogP) is 1.75. The maximum atomic E-state index is 12.3. The van der Waals surface area contributed by atoms with E-state index in [0.29, 0.717) is 18.3 Å². The molecule has 0 spiro atoms. The maximum Gasteiger partial charge on any atom is 0.263 e. The molecule has 19 heavy (non-hydrogen) atoms. The van der Waals surface area contributed by atoms with Crippen LogP contribution >= 0.6 is 0 Å². The lowest BCUT2D eigenvalue weighted by Crippen LogP contribution is -2.43. The van der Waals surface area contributed by atoms with E-state index in [9.17, 15) is 4.79 Å². The van der Waals surface area contributed by atoms with Crippen molar-refractivity contribution in [1.82, 2.24) is 4.90 Å². The van der Waals surface area contributed by atoms with E-state index in [2.05, 4.69) is 0 Å². The van der Waals surface area contributed by atoms with Gasteiger partial charge in [0.05, 0.1) is 6.61 Å². The van der Waals surface area contributed by atoms with E-state index in [1.165, 1.54) is 0 Å². The lowest BCUT2D eigenvalue weighted by atomic mass is 10.2. The summed E-state index contributed by atoms with van der Waals surface area (Å²) in [4.78, 5) is 14.0. The number of aliphatic hydroxyl groups is 1. The fourth-order valence-corrected chi connectivity index (χ4v) is 2.14. The van der Waals surface area contributed by atoms with Crippen LogP contribution in [0.15, 0.2) is 24.3 Å². The van der Waals surface area contributed by atoms with Gasteiger partial charge in [-0.15, -0.1) is 0 Å². The number of hydrogen-bond acceptors (Lipinski definition) is 3. The van der Waals surface area contributed by atoms with Gasteiger partial charge in [0.1, 0.15) is 5.75 Å². The standard InChI is InChI=1S/C15H21NO3/c1-11-4-3-5-14(10-11)19-12(2)15(18)16(8-9-17)13-6-7-13/h3-5,10,12-13,17H,6-9H2,1-2H3/t12-/m1/s1. The van der Waals surface area contributed by atoms with Crippen LogP contribution in [0.5, 0.6) is 5.75 Å². The van der Waals surface area contributed by atoms with E-state index in [0.717, 1.165) is 18.4 Å². The highest BCUT2D eigenvalue weighted by atomic mass is 16.5. The molecule has 0 aliphatic heterocycles. The van der Waals surface area contributed by atoms with Gasteiger partial charge in [-0.25, -0.2) is 0 Å². The monoisotopic (exact) mass is 263 g/mol. The van der Waals surface area contributed by atoms with E-state index in [4.69, 9.17) is 9.84 Å². The summed E-state index contributed by atoms with van der Waals surface area (Å²) in [6.45, 7) is 4.14. The summed E-state index contributed by atoms with van der Waals surface area (Å²) in [5.74, 6) is 0.665. The van der Waals surface area contributed by atoms with Gasteiger partial charge in [0.25, 0.3) is 5.91 Å². The number of ether oxygens (including phenoxy) is 1. The zero-order chi connectivity index (χ0) is 13.8. The van der Waals surface area contributed by atoms with Crippen LogP contribution < -0.4 is 4.74 Å². The zero-order valence-corrected chi connectivity index (χ0v) is 11.5. The zero-order valence-electron chi connectivity index (χ0n) is 11.5. The third kappa shape index (κ3) is 3.70. The highest BCUT2D eigenvalue weighted by Gasteiger charge is 2.34. The molecule has 0 unspecified atom stereocenters. The highest BCUT2D eigenvalue weighted by molar-refractivity contribution is 5.81. The molecule has 0 saturated heterocycles. The smallest absolute Gasteiger partial charge is 0.263 e. The van der Waals surface area contributed by atoms with Crippen molar-refractivity contribution in [2.45, 2.75) is 38.8 Å². The van der Waals surface area contributed by atoms with Crippen LogP contribution in [0.4, 0.5) is 0 Å². The molecule has 1 atom stereocenters. The first-order valence-corrected chi connectivity index (χ1v) is 6.76. The van der Waals surface area contributed by atoms with E-state index in [1.54, 1.807) is 11.8 Å². The van der Waals surface area contributed by atoms with Gasteiger partial charge in [-0.3, -0.25) is 4.79 Å². The molecule has 1 aromatic rings. The molecule has 1 saturated carbocycles. The summed E-state index contributed by atoms with van der Waals surface area (Å²) in [7, 11) is 0. The maximum absolute atomic E-state index is 12.3. The van der Waals surface area contributed by atoms with Crippen molar-refractivity contribution in [1.29, 1.82) is 0 Å². The summed E-state index contributed by atoms with van der Waals surface area (Å²) in [5.41, 5.74) is 1.10. The number of hydrogen-bond donors (Lipinski definition) is 1. The van der Waals surface area contributed by atoms with E-state index >= 15 is 0 Å². The van der Waals surface area contributed by atoms with Gasteiger partial charge in [0, 0.05) is 12.6 Å². The molecule has 1 aromatic carbocycles. The van der Waals surface area contributed by atoms with Crippen LogP contribution in [0.25, 0.3) is 0 Å². The van der Waals surface area contributed by atoms with E-state index < -0.39 is 6.10 Å². The fourth-order valence-electron chi connectivity index (χ4n) is 2.14. The number of aliphatic hydroxyl groups excluding tert-OH is 1. The Kier molecular flexibility index (Phi) is 4.43. The lowest BCUT2D eigenvalue weighted by Gasteiger charge is -2.25. The van der Waals surface area contributed by atoms with Gasteiger partial charge in [-0.1, -0.05) is 12.1 Å². The van der Waals surface area contributed by atoms with Crippen LogP contribution in [0, 0.1) is 6.92 Å². The van der Waals surface area contributed by atoms with Crippen molar-refractivity contribution < 1.29 is 14.6 Å². The molecule has 0 aromatic heterocycles. The molecule has 4 heteroatoms. The number of amides is 1. The van der Waals surface area contributed by atoms with Crippen molar-refractivity contribution in [3.05, 3.63) is 29.8 Å². The van der Waals surface area contributed by atoms with Crippen molar-refractivity contribution in [2.75, 3.05) is 13.2 Å². The Morgan fingerprint density at radius 2 is 2.26 bits per heavy atom. The Balaban J connectivity index is 1.98. The third-order valence-electron chi connectivity index (χ3n) is 3.26. The molecular weight excluding hydrogens is 242 g/mol. The molecule has 0 radical (unpaired) electrons. The number of carbonyl (C=O) groups is 1. The number of aryl methyl sites for hydroxylation is 1. The van der Waals surface area contributed by atoms with Crippen molar-refractivity contribution >= 4 is 5.91 Å². The molecule has 104 valence electrons. The number of carbonyl (C=O) groups excluding carboxylic acids is 1. The average molecular weight is 263 g/mol. The van der Waals surface area contributed by atoms with Gasteiger partial charge in [0.15, 0.2) is 6.10 Å². The Morgan fingerprint density at radius 1 is 1.53 bits per heavy atom. The second kappa shape index (κ2) is 6.06. The molecule has 1 N–H and O–H groups in total. The van der Waals surface area contributed by atoms with E-state index in [-0.39, 0.29) is 12.5 Å². The number of nitrogens with zero attached hydrogens (tertiary/aromatic N) is 1. The number of rotatable bonds is 6. The van der Waals surface area contributed by atoms with Crippen LogP contribution in [-0.2, 0) is 4.79 Å². The van der Waals surface area contributed by atoms with Crippen molar-refractivity contribution in [3.8, 4) is 5.75 Å². The van der Waals surface area contributed by atoms with Crippen LogP contribution in [-0.4, -0.2) is 41.2 Å². The molecule has 2 rings (SSSR count). The van der Waals surface area contributed by atoms with Crippen molar-refractivity contribution in [3.63, 3.8) is 0 Å². The topological polar surface area (TPSA) is 49.8 Å². The number of benzene rings is 1. The molecule has 4 nitrogen and oxygen atoms in total. The van der Waals surface area contributed by atoms with Gasteiger partial charge < -0.3 is 14.7 Å². The lowest BCUT2D eigenvalue weighted by molar-refractivity contribution is -0.139. The quantitative estimate of drug-likeness (QED) is 0.850. The average Bonchev–Trinajstić information content (AvgIpc) is 3.19. The summed E-state index contributed by atoms with van der Waals surface area (Å²) in [6.07, 6.45) is 1.54. The summed E-state index contributed by atoms with van der Waals surface area (Å²) in [5, 5.41) is 9.04. The minimum atomic E-state index is -0.519. The summed E-state index contributed by atoms with van der Waals surface area (Å²) in [6, 6.07) is 7.96. The van der Waals surface area contributed by atoms with Gasteiger partial charge in [-0.05, 0) is 44.4 Å². The third-order valence-corrected chi connectivity index (χ3v) is 3.26. The molecule has 0 heterocycles. The molecule has 1 fully saturated rings. The molecule has 1 amide bonds. The first-order chi connectivity index (χ1) is 9.11. The fraction of sp³-hybridized carbons (Fsp3) is 0.533. The predicted molar refractivity (Wildman–Crippen MR) is 73.1 cm³/mol. The normalized spacial score (nSPS) is 15.9. The summed E-state index contributed by atoms with van der Waals surface area (Å²) >= 11 is 0. The minimum absolute atomic E-state index is 0.000590. The van der Waals surface area contributed by atoms with Crippen LogP contribution in [0.3, 0.4) is 0 Å². The van der Waals surface area contributed by atoms with Crippen LogP contribution in [0.2, 0.25) is 0 Å². The molecule has 0 bridgehead atoms. The Hall–Kier alpha value is -1.55. The largest absolute Gasteiger partial charge is 0.481 e. The second-order valence-corrected chi connectivity index (χ2v) is 5.06. The van der Waals surface area contributed by atoms with Crippen LogP contribution in [0.1, 0.15) is 25.3 Å². The first kappa shape index (κ1) is 13.9. The minimum Gasteiger partial charge on any atom is -0.481 e. The molecular formula is C15H21NO3. The first-order valence-electron chi connectivity index (χ1n) is 6.76. The van der Waals surface area contributed by atoms with Gasteiger partial charge in [0.2, 0.25) is 0 Å². The van der Waals surface area contributed by atoms with E-state index in [1.807, 2.05) is 31.2 Å². The summed E-state index contributed by atoms with van der Waals surface area (Å²) < 4.78 is 5.69. The Labute approximate surface area is 114 Å². The SMILES string of the molecule is Cc1cccc(O[C@H](C)C(=O)N(CCO)C2CC2)c1. The van der Waals surface area contributed by atoms with Gasteiger partial charge >= 0.3 is 0 Å². The molecule has 1 aliphatic carbocycles.